The topological polar surface area (TPSA) is 81.5 Å². The Balaban J connectivity index is 0.000000331. The molecule has 186 valence electrons. The third-order valence-electron chi connectivity index (χ3n) is 6.91. The zero-order valence-electron chi connectivity index (χ0n) is 20.2. The summed E-state index contributed by atoms with van der Waals surface area (Å²) in [5.74, 6) is 6.71. The van der Waals surface area contributed by atoms with Crippen molar-refractivity contribution in [2.75, 3.05) is 46.4 Å². The number of rotatable bonds is 8. The van der Waals surface area contributed by atoms with Gasteiger partial charge in [-0.1, -0.05) is 5.92 Å². The highest BCUT2D eigenvalue weighted by Gasteiger charge is 2.27. The van der Waals surface area contributed by atoms with E-state index in [2.05, 4.69) is 59.5 Å². The van der Waals surface area contributed by atoms with Crippen LogP contribution in [0.2, 0.25) is 0 Å². The van der Waals surface area contributed by atoms with Crippen molar-refractivity contribution in [1.29, 1.82) is 0 Å². The van der Waals surface area contributed by atoms with Crippen LogP contribution in [0.3, 0.4) is 0 Å². The molecule has 9 nitrogen and oxygen atoms in total. The molecule has 2 fully saturated rings. The molecular formula is C24H40N4O5. The summed E-state index contributed by atoms with van der Waals surface area (Å²) in [7, 11) is 2.25. The van der Waals surface area contributed by atoms with Crippen molar-refractivity contribution in [2.24, 2.45) is 5.92 Å². The van der Waals surface area contributed by atoms with Crippen molar-refractivity contribution in [1.82, 2.24) is 19.6 Å². The molecule has 0 bridgehead atoms. The number of nitrogens with zero attached hydrogens (tertiary/aromatic N) is 4. The highest BCUT2D eigenvalue weighted by Crippen LogP contribution is 2.26. The van der Waals surface area contributed by atoms with E-state index in [1.165, 1.54) is 76.8 Å². The summed E-state index contributed by atoms with van der Waals surface area (Å²) in [5.41, 5.74) is 1.35. The summed E-state index contributed by atoms with van der Waals surface area (Å²) in [4.78, 5) is 9.30. The monoisotopic (exact) mass is 464 g/mol. The van der Waals surface area contributed by atoms with E-state index in [4.69, 9.17) is 9.99 Å². The van der Waals surface area contributed by atoms with Gasteiger partial charge in [-0.15, -0.1) is 11.0 Å². The fraction of sp³-hybridized carbons (Fsp3) is 0.792. The van der Waals surface area contributed by atoms with E-state index in [1.54, 1.807) is 6.92 Å². The van der Waals surface area contributed by atoms with Gasteiger partial charge in [0, 0.05) is 24.3 Å². The molecular weight excluding hydrogens is 424 g/mol. The molecule has 0 amide bonds. The van der Waals surface area contributed by atoms with Crippen molar-refractivity contribution in [2.45, 2.75) is 70.9 Å². The lowest BCUT2D eigenvalue weighted by molar-refractivity contribution is -0.620. The van der Waals surface area contributed by atoms with Crippen LogP contribution in [-0.4, -0.2) is 77.3 Å². The van der Waals surface area contributed by atoms with Crippen LogP contribution in [0.15, 0.2) is 6.07 Å². The van der Waals surface area contributed by atoms with E-state index in [0.29, 0.717) is 0 Å². The second-order valence-corrected chi connectivity index (χ2v) is 9.14. The summed E-state index contributed by atoms with van der Waals surface area (Å²) in [6.45, 7) is 8.75. The van der Waals surface area contributed by atoms with Gasteiger partial charge in [0.25, 0.3) is 0 Å². The van der Waals surface area contributed by atoms with Gasteiger partial charge in [0.1, 0.15) is 6.61 Å². The Morgan fingerprint density at radius 1 is 1.09 bits per heavy atom. The average Bonchev–Trinajstić information content (AvgIpc) is 3.26. The lowest BCUT2D eigenvalue weighted by Crippen LogP contribution is -2.47. The van der Waals surface area contributed by atoms with Gasteiger partial charge < -0.3 is 14.5 Å². The van der Waals surface area contributed by atoms with Crippen LogP contribution in [0.4, 0.5) is 0 Å². The molecule has 0 atom stereocenters. The number of piperidine rings is 2. The zero-order valence-corrected chi connectivity index (χ0v) is 20.2. The number of hydrogen-bond donors (Lipinski definition) is 1. The SMILES string of the molecule is CC#CCOOOO.CN1CCC(N2CCC(CCOc3cc4n(n3)CCCC4)CC2)CC1. The Labute approximate surface area is 197 Å². The predicted molar refractivity (Wildman–Crippen MR) is 124 cm³/mol. The standard InChI is InChI=1S/C20H34N4O.C4H6O4/c1-22-11-7-18(8-12-22)23-13-5-17(6-14-23)9-15-25-20-16-19-4-2-3-10-24(19)21-20;1-2-3-4-6-8-7-5/h16-18H,2-15H2,1H3;5H,4H2,1H3. The second-order valence-electron chi connectivity index (χ2n) is 9.14. The number of aromatic nitrogens is 2. The minimum atomic E-state index is 0.0804. The van der Waals surface area contributed by atoms with Crippen molar-refractivity contribution in [3.63, 3.8) is 0 Å². The number of ether oxygens (including phenoxy) is 1. The minimum absolute atomic E-state index is 0.0804. The first kappa shape index (κ1) is 25.9. The van der Waals surface area contributed by atoms with Crippen molar-refractivity contribution in [3.05, 3.63) is 11.8 Å². The van der Waals surface area contributed by atoms with Gasteiger partial charge >= 0.3 is 0 Å². The van der Waals surface area contributed by atoms with E-state index in [0.717, 1.165) is 37.4 Å². The van der Waals surface area contributed by atoms with E-state index in [-0.39, 0.29) is 6.61 Å². The number of hydrogen-bond acceptors (Lipinski definition) is 8. The average molecular weight is 465 g/mol. The molecule has 4 heterocycles. The maximum atomic E-state index is 7.47. The maximum Gasteiger partial charge on any atom is 0.232 e. The minimum Gasteiger partial charge on any atom is -0.477 e. The Morgan fingerprint density at radius 3 is 2.58 bits per heavy atom. The van der Waals surface area contributed by atoms with Crippen molar-refractivity contribution < 1.29 is 25.0 Å². The Morgan fingerprint density at radius 2 is 1.88 bits per heavy atom. The largest absolute Gasteiger partial charge is 0.477 e. The van der Waals surface area contributed by atoms with Crippen LogP contribution in [0.1, 0.15) is 57.6 Å². The second kappa shape index (κ2) is 14.6. The molecule has 33 heavy (non-hydrogen) atoms. The van der Waals surface area contributed by atoms with Gasteiger partial charge in [0.05, 0.1) is 6.61 Å². The van der Waals surface area contributed by atoms with Crippen LogP contribution in [-0.2, 0) is 27.9 Å². The van der Waals surface area contributed by atoms with Gasteiger partial charge in [-0.3, -0.25) is 4.68 Å². The van der Waals surface area contributed by atoms with E-state index in [9.17, 15) is 0 Å². The summed E-state index contributed by atoms with van der Waals surface area (Å²) in [5, 5.41) is 18.8. The first-order chi connectivity index (χ1) is 16.2. The summed E-state index contributed by atoms with van der Waals surface area (Å²) in [6, 6.07) is 2.99. The van der Waals surface area contributed by atoms with Gasteiger partial charge in [0.2, 0.25) is 5.88 Å². The van der Waals surface area contributed by atoms with E-state index < -0.39 is 0 Å². The van der Waals surface area contributed by atoms with E-state index >= 15 is 0 Å². The summed E-state index contributed by atoms with van der Waals surface area (Å²) >= 11 is 0. The Bertz CT molecular complexity index is 707. The van der Waals surface area contributed by atoms with Gasteiger partial charge in [-0.05, 0) is 108 Å². The van der Waals surface area contributed by atoms with Gasteiger partial charge in [0.15, 0.2) is 0 Å². The molecule has 9 heteroatoms. The molecule has 0 radical (unpaired) electrons. The van der Waals surface area contributed by atoms with E-state index in [1.807, 2.05) is 0 Å². The molecule has 1 aromatic heterocycles. The first-order valence-electron chi connectivity index (χ1n) is 12.3. The fourth-order valence-corrected chi connectivity index (χ4v) is 4.91. The smallest absolute Gasteiger partial charge is 0.232 e. The molecule has 3 aliphatic rings. The van der Waals surface area contributed by atoms with Crippen LogP contribution >= 0.6 is 0 Å². The summed E-state index contributed by atoms with van der Waals surface area (Å²) < 4.78 is 8.10. The third kappa shape index (κ3) is 8.89. The zero-order chi connectivity index (χ0) is 23.3. The molecule has 0 aromatic carbocycles. The predicted octanol–water partition coefficient (Wildman–Crippen LogP) is 3.16. The van der Waals surface area contributed by atoms with Crippen LogP contribution in [0.5, 0.6) is 5.88 Å². The summed E-state index contributed by atoms with van der Waals surface area (Å²) in [6.07, 6.45) is 10.3. The maximum absolute atomic E-state index is 7.47. The number of likely N-dealkylation sites (tertiary alicyclic amines) is 2. The Hall–Kier alpha value is -1.67. The van der Waals surface area contributed by atoms with Crippen LogP contribution in [0, 0.1) is 17.8 Å². The molecule has 0 saturated carbocycles. The van der Waals surface area contributed by atoms with Crippen molar-refractivity contribution >= 4 is 0 Å². The quantitative estimate of drug-likeness (QED) is 0.272. The number of fused-ring (bicyclic) bond motifs is 1. The van der Waals surface area contributed by atoms with Gasteiger partial charge in [-0.2, -0.15) is 4.89 Å². The molecule has 0 spiro atoms. The van der Waals surface area contributed by atoms with Crippen molar-refractivity contribution in [3.8, 4) is 17.7 Å². The molecule has 2 saturated heterocycles. The van der Waals surface area contributed by atoms with Crippen LogP contribution in [0.25, 0.3) is 0 Å². The first-order valence-corrected chi connectivity index (χ1v) is 12.3. The molecule has 4 rings (SSSR count). The highest BCUT2D eigenvalue weighted by atomic mass is 17.6. The fourth-order valence-electron chi connectivity index (χ4n) is 4.91. The normalized spacial score (nSPS) is 20.3. The highest BCUT2D eigenvalue weighted by molar-refractivity contribution is 5.16. The van der Waals surface area contributed by atoms with Gasteiger partial charge in [-0.25, -0.2) is 5.26 Å². The third-order valence-corrected chi connectivity index (χ3v) is 6.91. The van der Waals surface area contributed by atoms with Crippen LogP contribution < -0.4 is 4.74 Å². The molecule has 1 aromatic rings. The molecule has 0 unspecified atom stereocenters. The molecule has 0 aliphatic carbocycles. The lowest BCUT2D eigenvalue weighted by Gasteiger charge is -2.41. The lowest BCUT2D eigenvalue weighted by atomic mass is 9.91. The molecule has 1 N–H and O–H groups in total. The number of aryl methyl sites for hydroxylation is 2. The Kier molecular flexibility index (Phi) is 11.4. The molecule has 3 aliphatic heterocycles.